The van der Waals surface area contributed by atoms with Gasteiger partial charge in [0.15, 0.2) is 0 Å². The predicted molar refractivity (Wildman–Crippen MR) is 133 cm³/mol. The summed E-state index contributed by atoms with van der Waals surface area (Å²) in [6, 6.07) is 24.6. The van der Waals surface area contributed by atoms with Crippen LogP contribution in [0.5, 0.6) is 0 Å². The number of anilines is 1. The molecule has 4 rings (SSSR count). The van der Waals surface area contributed by atoms with Crippen molar-refractivity contribution in [2.24, 2.45) is 0 Å². The van der Waals surface area contributed by atoms with Crippen LogP contribution in [0.2, 0.25) is 5.02 Å². The molecule has 3 aromatic rings. The largest absolute Gasteiger partial charge is 0.371 e. The summed E-state index contributed by atoms with van der Waals surface area (Å²) in [5.41, 5.74) is 3.28. The maximum absolute atomic E-state index is 13.1. The van der Waals surface area contributed by atoms with Crippen LogP contribution in [0.25, 0.3) is 0 Å². The van der Waals surface area contributed by atoms with Crippen LogP contribution >= 0.6 is 11.6 Å². The smallest absolute Gasteiger partial charge is 0.253 e. The molecule has 0 unspecified atom stereocenters. The maximum Gasteiger partial charge on any atom is 0.253 e. The van der Waals surface area contributed by atoms with Crippen molar-refractivity contribution in [1.29, 1.82) is 0 Å². The Bertz CT molecular complexity index is 1090. The average molecular weight is 462 g/mol. The number of benzene rings is 3. The summed E-state index contributed by atoms with van der Waals surface area (Å²) in [7, 11) is 0. The van der Waals surface area contributed by atoms with E-state index < -0.39 is 0 Å². The molecule has 1 fully saturated rings. The van der Waals surface area contributed by atoms with E-state index in [1.807, 2.05) is 61.5 Å². The first-order valence-electron chi connectivity index (χ1n) is 11.3. The lowest BCUT2D eigenvalue weighted by molar-refractivity contribution is 0.0928. The predicted octanol–water partition coefficient (Wildman–Crippen LogP) is 5.23. The second kappa shape index (κ2) is 10.5. The van der Waals surface area contributed by atoms with E-state index in [2.05, 4.69) is 15.5 Å². The summed E-state index contributed by atoms with van der Waals surface area (Å²) in [5.74, 6) is -0.167. The number of amides is 2. The highest BCUT2D eigenvalue weighted by molar-refractivity contribution is 6.30. The van der Waals surface area contributed by atoms with E-state index in [-0.39, 0.29) is 23.9 Å². The number of piperidine rings is 1. The summed E-state index contributed by atoms with van der Waals surface area (Å²) < 4.78 is 0. The molecule has 6 heteroatoms. The molecular weight excluding hydrogens is 434 g/mol. The Kier molecular flexibility index (Phi) is 7.30. The monoisotopic (exact) mass is 461 g/mol. The number of carbonyl (C=O) groups excluding carboxylic acids is 2. The zero-order valence-electron chi connectivity index (χ0n) is 18.6. The van der Waals surface area contributed by atoms with Gasteiger partial charge >= 0.3 is 0 Å². The number of halogens is 1. The molecule has 0 aliphatic carbocycles. The number of rotatable bonds is 6. The summed E-state index contributed by atoms with van der Waals surface area (Å²) in [5, 5.41) is 6.85. The molecule has 1 saturated heterocycles. The fourth-order valence-corrected chi connectivity index (χ4v) is 4.30. The van der Waals surface area contributed by atoms with Gasteiger partial charge in [0, 0.05) is 35.4 Å². The van der Waals surface area contributed by atoms with Crippen LogP contribution in [0, 0.1) is 0 Å². The minimum Gasteiger partial charge on any atom is -0.371 e. The SMILES string of the molecule is C[C@@H](NC(=O)c1ccccc1N1CCC(NC(=O)c2ccc(Cl)cc2)CC1)c1ccccc1. The first kappa shape index (κ1) is 22.9. The third-order valence-electron chi connectivity index (χ3n) is 6.07. The molecule has 3 aromatic carbocycles. The van der Waals surface area contributed by atoms with Crippen LogP contribution in [0.1, 0.15) is 52.1 Å². The van der Waals surface area contributed by atoms with Crippen molar-refractivity contribution in [2.75, 3.05) is 18.0 Å². The normalized spacial score (nSPS) is 15.0. The molecule has 170 valence electrons. The standard InChI is InChI=1S/C27H28ClN3O2/c1-19(20-7-3-2-4-8-20)29-27(33)24-9-5-6-10-25(24)31-17-15-23(16-18-31)30-26(32)21-11-13-22(28)14-12-21/h2-14,19,23H,15-18H2,1H3,(H,29,33)(H,30,32)/t19-/m1/s1. The van der Waals surface area contributed by atoms with Crippen LogP contribution < -0.4 is 15.5 Å². The van der Waals surface area contributed by atoms with Gasteiger partial charge in [0.1, 0.15) is 0 Å². The van der Waals surface area contributed by atoms with Gasteiger partial charge in [0.2, 0.25) is 0 Å². The van der Waals surface area contributed by atoms with Crippen molar-refractivity contribution in [3.63, 3.8) is 0 Å². The van der Waals surface area contributed by atoms with Crippen molar-refractivity contribution in [2.45, 2.75) is 31.8 Å². The van der Waals surface area contributed by atoms with Gasteiger partial charge in [-0.05, 0) is 61.7 Å². The lowest BCUT2D eigenvalue weighted by Crippen LogP contribution is -2.45. The van der Waals surface area contributed by atoms with Crippen molar-refractivity contribution in [1.82, 2.24) is 10.6 Å². The second-order valence-electron chi connectivity index (χ2n) is 8.36. The van der Waals surface area contributed by atoms with E-state index in [1.165, 1.54) is 0 Å². The molecule has 2 amide bonds. The first-order valence-corrected chi connectivity index (χ1v) is 11.7. The van der Waals surface area contributed by atoms with Gasteiger partial charge in [-0.1, -0.05) is 54.1 Å². The Morgan fingerprint density at radius 3 is 2.21 bits per heavy atom. The minimum atomic E-state index is -0.0835. The minimum absolute atomic E-state index is 0.0828. The van der Waals surface area contributed by atoms with E-state index in [0.717, 1.165) is 37.2 Å². The van der Waals surface area contributed by atoms with E-state index >= 15 is 0 Å². The highest BCUT2D eigenvalue weighted by Gasteiger charge is 2.24. The molecule has 33 heavy (non-hydrogen) atoms. The van der Waals surface area contributed by atoms with Crippen LogP contribution in [0.15, 0.2) is 78.9 Å². The number of hydrogen-bond donors (Lipinski definition) is 2. The van der Waals surface area contributed by atoms with Crippen molar-refractivity contribution in [3.8, 4) is 0 Å². The molecular formula is C27H28ClN3O2. The topological polar surface area (TPSA) is 61.4 Å². The lowest BCUT2D eigenvalue weighted by atomic mass is 10.0. The van der Waals surface area contributed by atoms with Crippen molar-refractivity contribution < 1.29 is 9.59 Å². The zero-order chi connectivity index (χ0) is 23.2. The lowest BCUT2D eigenvalue weighted by Gasteiger charge is -2.35. The number of nitrogens with zero attached hydrogens (tertiary/aromatic N) is 1. The first-order chi connectivity index (χ1) is 16.0. The molecule has 0 spiro atoms. The molecule has 1 aliphatic rings. The van der Waals surface area contributed by atoms with Crippen LogP contribution in [0.4, 0.5) is 5.69 Å². The highest BCUT2D eigenvalue weighted by atomic mass is 35.5. The molecule has 0 radical (unpaired) electrons. The van der Waals surface area contributed by atoms with Gasteiger partial charge in [-0.2, -0.15) is 0 Å². The van der Waals surface area contributed by atoms with Gasteiger partial charge in [-0.15, -0.1) is 0 Å². The van der Waals surface area contributed by atoms with Crippen molar-refractivity contribution >= 4 is 29.1 Å². The Morgan fingerprint density at radius 1 is 0.879 bits per heavy atom. The fourth-order valence-electron chi connectivity index (χ4n) is 4.18. The Morgan fingerprint density at radius 2 is 1.52 bits per heavy atom. The van der Waals surface area contributed by atoms with Gasteiger partial charge in [-0.25, -0.2) is 0 Å². The molecule has 0 saturated carbocycles. The second-order valence-corrected chi connectivity index (χ2v) is 8.80. The molecule has 5 nitrogen and oxygen atoms in total. The van der Waals surface area contributed by atoms with E-state index in [4.69, 9.17) is 11.6 Å². The number of hydrogen-bond acceptors (Lipinski definition) is 3. The molecule has 1 heterocycles. The van der Waals surface area contributed by atoms with E-state index in [0.29, 0.717) is 16.1 Å². The van der Waals surface area contributed by atoms with Gasteiger partial charge in [-0.3, -0.25) is 9.59 Å². The van der Waals surface area contributed by atoms with Crippen molar-refractivity contribution in [3.05, 3.63) is 101 Å². The summed E-state index contributed by atoms with van der Waals surface area (Å²) in [6.07, 6.45) is 1.63. The Hall–Kier alpha value is -3.31. The van der Waals surface area contributed by atoms with Gasteiger partial charge in [0.05, 0.1) is 11.6 Å². The summed E-state index contributed by atoms with van der Waals surface area (Å²) in [6.45, 7) is 3.53. The van der Waals surface area contributed by atoms with Crippen LogP contribution in [0.3, 0.4) is 0 Å². The number of carbonyl (C=O) groups is 2. The van der Waals surface area contributed by atoms with Crippen LogP contribution in [-0.4, -0.2) is 30.9 Å². The van der Waals surface area contributed by atoms with Gasteiger partial charge < -0.3 is 15.5 Å². The molecule has 0 bridgehead atoms. The van der Waals surface area contributed by atoms with E-state index in [1.54, 1.807) is 24.3 Å². The fraction of sp³-hybridized carbons (Fsp3) is 0.259. The third kappa shape index (κ3) is 5.74. The number of nitrogens with one attached hydrogen (secondary N) is 2. The van der Waals surface area contributed by atoms with E-state index in [9.17, 15) is 9.59 Å². The number of para-hydroxylation sites is 1. The summed E-state index contributed by atoms with van der Waals surface area (Å²) >= 11 is 5.91. The molecule has 2 N–H and O–H groups in total. The summed E-state index contributed by atoms with van der Waals surface area (Å²) in [4.78, 5) is 27.8. The van der Waals surface area contributed by atoms with Crippen LogP contribution in [-0.2, 0) is 0 Å². The van der Waals surface area contributed by atoms with Gasteiger partial charge in [0.25, 0.3) is 11.8 Å². The molecule has 0 aromatic heterocycles. The zero-order valence-corrected chi connectivity index (χ0v) is 19.4. The third-order valence-corrected chi connectivity index (χ3v) is 6.33. The Balaban J connectivity index is 1.37. The highest BCUT2D eigenvalue weighted by Crippen LogP contribution is 2.25. The molecule has 1 aliphatic heterocycles. The molecule has 1 atom stereocenters. The maximum atomic E-state index is 13.1. The average Bonchev–Trinajstić information content (AvgIpc) is 2.85. The Labute approximate surface area is 199 Å². The quantitative estimate of drug-likeness (QED) is 0.528.